The van der Waals surface area contributed by atoms with Crippen LogP contribution in [0.3, 0.4) is 0 Å². The summed E-state index contributed by atoms with van der Waals surface area (Å²) >= 11 is 0. The van der Waals surface area contributed by atoms with Crippen molar-refractivity contribution in [1.29, 1.82) is 0 Å². The molecule has 2 amide bonds. The zero-order valence-electron chi connectivity index (χ0n) is 12.2. The maximum absolute atomic E-state index is 13.0. The van der Waals surface area contributed by atoms with Crippen molar-refractivity contribution in [1.82, 2.24) is 0 Å². The average Bonchev–Trinajstić information content (AvgIpc) is 2.90. The third kappa shape index (κ3) is 3.31. The Labute approximate surface area is 132 Å². The third-order valence-electron chi connectivity index (χ3n) is 3.75. The van der Waals surface area contributed by atoms with Crippen LogP contribution in [0.1, 0.15) is 6.42 Å². The highest BCUT2D eigenvalue weighted by Crippen LogP contribution is 2.26. The van der Waals surface area contributed by atoms with Gasteiger partial charge in [0.1, 0.15) is 11.6 Å². The summed E-state index contributed by atoms with van der Waals surface area (Å²) in [4.78, 5) is 25.8. The molecule has 0 saturated carbocycles. The maximum atomic E-state index is 13.0. The molecule has 118 valence electrons. The van der Waals surface area contributed by atoms with Crippen LogP contribution in [0.25, 0.3) is 0 Å². The summed E-state index contributed by atoms with van der Waals surface area (Å²) in [5.74, 6) is -1.27. The van der Waals surface area contributed by atoms with Crippen LogP contribution in [0.2, 0.25) is 0 Å². The Morgan fingerprint density at radius 2 is 1.96 bits per heavy atom. The van der Waals surface area contributed by atoms with Gasteiger partial charge < -0.3 is 15.3 Å². The summed E-state index contributed by atoms with van der Waals surface area (Å²) in [6.07, 6.45) is 0.0992. The lowest BCUT2D eigenvalue weighted by Gasteiger charge is -2.16. The van der Waals surface area contributed by atoms with E-state index in [1.807, 2.05) is 0 Å². The van der Waals surface area contributed by atoms with Crippen molar-refractivity contribution in [2.75, 3.05) is 16.8 Å². The van der Waals surface area contributed by atoms with E-state index in [1.165, 1.54) is 41.3 Å². The van der Waals surface area contributed by atoms with Crippen molar-refractivity contribution >= 4 is 23.2 Å². The van der Waals surface area contributed by atoms with Gasteiger partial charge in [0.25, 0.3) is 0 Å². The molecule has 0 spiro atoms. The number of amides is 2. The van der Waals surface area contributed by atoms with E-state index in [-0.39, 0.29) is 36.3 Å². The van der Waals surface area contributed by atoms with E-state index in [0.29, 0.717) is 11.4 Å². The van der Waals surface area contributed by atoms with E-state index < -0.39 is 5.92 Å². The van der Waals surface area contributed by atoms with Gasteiger partial charge in [-0.15, -0.1) is 0 Å². The predicted molar refractivity (Wildman–Crippen MR) is 83.6 cm³/mol. The van der Waals surface area contributed by atoms with E-state index in [0.717, 1.165) is 0 Å². The van der Waals surface area contributed by atoms with Crippen molar-refractivity contribution < 1.29 is 19.1 Å². The largest absolute Gasteiger partial charge is 0.508 e. The number of hydrogen-bond acceptors (Lipinski definition) is 3. The summed E-state index contributed by atoms with van der Waals surface area (Å²) < 4.78 is 13.0. The number of benzene rings is 2. The normalized spacial score (nSPS) is 17.3. The topological polar surface area (TPSA) is 69.6 Å². The number of nitrogens with zero attached hydrogens (tertiary/aromatic N) is 1. The molecule has 2 aromatic carbocycles. The second-order valence-corrected chi connectivity index (χ2v) is 5.42. The monoisotopic (exact) mass is 314 g/mol. The van der Waals surface area contributed by atoms with Gasteiger partial charge in [-0.25, -0.2) is 4.39 Å². The molecule has 0 unspecified atom stereocenters. The van der Waals surface area contributed by atoms with Gasteiger partial charge in [-0.2, -0.15) is 0 Å². The van der Waals surface area contributed by atoms with Crippen LogP contribution >= 0.6 is 0 Å². The summed E-state index contributed by atoms with van der Waals surface area (Å²) in [5, 5.41) is 12.1. The number of halogens is 1. The summed E-state index contributed by atoms with van der Waals surface area (Å²) in [6, 6.07) is 11.8. The van der Waals surface area contributed by atoms with E-state index >= 15 is 0 Å². The van der Waals surface area contributed by atoms with Crippen LogP contribution < -0.4 is 10.2 Å². The van der Waals surface area contributed by atoms with Crippen LogP contribution in [0.4, 0.5) is 15.8 Å². The highest BCUT2D eigenvalue weighted by Gasteiger charge is 2.35. The number of anilines is 2. The Bertz CT molecular complexity index is 746. The molecule has 0 bridgehead atoms. The molecule has 1 heterocycles. The minimum atomic E-state index is -0.491. The first-order valence-corrected chi connectivity index (χ1v) is 7.19. The first kappa shape index (κ1) is 15.0. The predicted octanol–water partition coefficient (Wildman–Crippen LogP) is 2.52. The van der Waals surface area contributed by atoms with Crippen molar-refractivity contribution in [3.8, 4) is 5.75 Å². The lowest BCUT2D eigenvalue weighted by atomic mass is 10.1. The first-order chi connectivity index (χ1) is 11.0. The molecule has 5 nitrogen and oxygen atoms in total. The number of carbonyl (C=O) groups is 2. The Morgan fingerprint density at radius 3 is 2.65 bits per heavy atom. The Hall–Kier alpha value is -2.89. The number of phenols is 1. The first-order valence-electron chi connectivity index (χ1n) is 7.19. The van der Waals surface area contributed by atoms with Crippen molar-refractivity contribution in [2.45, 2.75) is 6.42 Å². The van der Waals surface area contributed by atoms with Crippen molar-refractivity contribution in [3.63, 3.8) is 0 Å². The lowest BCUT2D eigenvalue weighted by molar-refractivity contribution is -0.122. The summed E-state index contributed by atoms with van der Waals surface area (Å²) in [7, 11) is 0. The Kier molecular flexibility index (Phi) is 3.97. The second kappa shape index (κ2) is 6.08. The average molecular weight is 314 g/mol. The zero-order chi connectivity index (χ0) is 16.4. The molecule has 0 aliphatic carbocycles. The van der Waals surface area contributed by atoms with Gasteiger partial charge in [-0.1, -0.05) is 6.07 Å². The summed E-state index contributed by atoms with van der Waals surface area (Å²) in [6.45, 7) is 0.245. The number of carbonyl (C=O) groups excluding carboxylic acids is 2. The molecule has 1 atom stereocenters. The van der Waals surface area contributed by atoms with E-state index in [2.05, 4.69) is 5.32 Å². The van der Waals surface area contributed by atoms with Gasteiger partial charge in [-0.3, -0.25) is 9.59 Å². The molecular formula is C17H15FN2O3. The Balaban J connectivity index is 1.69. The van der Waals surface area contributed by atoms with Crippen LogP contribution in [-0.2, 0) is 9.59 Å². The molecule has 1 saturated heterocycles. The van der Waals surface area contributed by atoms with E-state index in [9.17, 15) is 19.1 Å². The highest BCUT2D eigenvalue weighted by molar-refractivity contribution is 6.03. The Morgan fingerprint density at radius 1 is 1.22 bits per heavy atom. The van der Waals surface area contributed by atoms with Gasteiger partial charge in [0.05, 0.1) is 5.92 Å². The standard InChI is InChI=1S/C17H15FN2O3/c18-12-4-6-14(7-5-12)20-10-11(8-16(20)22)17(23)19-13-2-1-3-15(21)9-13/h1-7,9,11,21H,8,10H2,(H,19,23)/t11-/m1/s1. The molecule has 23 heavy (non-hydrogen) atoms. The minimum absolute atomic E-state index is 0.0539. The fourth-order valence-electron chi connectivity index (χ4n) is 2.58. The third-order valence-corrected chi connectivity index (χ3v) is 3.75. The molecule has 1 fully saturated rings. The maximum Gasteiger partial charge on any atom is 0.229 e. The fraction of sp³-hybridized carbons (Fsp3) is 0.176. The smallest absolute Gasteiger partial charge is 0.229 e. The number of rotatable bonds is 3. The number of nitrogens with one attached hydrogen (secondary N) is 1. The van der Waals surface area contributed by atoms with E-state index in [4.69, 9.17) is 0 Å². The molecule has 6 heteroatoms. The quantitative estimate of drug-likeness (QED) is 0.914. The molecule has 0 radical (unpaired) electrons. The van der Waals surface area contributed by atoms with Crippen LogP contribution in [0, 0.1) is 11.7 Å². The van der Waals surface area contributed by atoms with Crippen LogP contribution in [0.15, 0.2) is 48.5 Å². The SMILES string of the molecule is O=C(Nc1cccc(O)c1)[C@@H]1CC(=O)N(c2ccc(F)cc2)C1. The van der Waals surface area contributed by atoms with Gasteiger partial charge in [0, 0.05) is 30.4 Å². The molecule has 1 aliphatic rings. The molecule has 2 N–H and O–H groups in total. The van der Waals surface area contributed by atoms with Gasteiger partial charge in [0.2, 0.25) is 11.8 Å². The number of hydrogen-bond donors (Lipinski definition) is 2. The zero-order valence-corrected chi connectivity index (χ0v) is 12.2. The summed E-state index contributed by atoms with van der Waals surface area (Å²) in [5.41, 5.74) is 1.05. The number of aromatic hydroxyl groups is 1. The van der Waals surface area contributed by atoms with Gasteiger partial charge >= 0.3 is 0 Å². The molecule has 2 aromatic rings. The molecule has 1 aliphatic heterocycles. The van der Waals surface area contributed by atoms with Crippen LogP contribution in [-0.4, -0.2) is 23.5 Å². The minimum Gasteiger partial charge on any atom is -0.508 e. The van der Waals surface area contributed by atoms with Gasteiger partial charge in [0.15, 0.2) is 0 Å². The van der Waals surface area contributed by atoms with E-state index in [1.54, 1.807) is 12.1 Å². The van der Waals surface area contributed by atoms with Crippen molar-refractivity contribution in [2.24, 2.45) is 5.92 Å². The highest BCUT2D eigenvalue weighted by atomic mass is 19.1. The lowest BCUT2D eigenvalue weighted by Crippen LogP contribution is -2.28. The van der Waals surface area contributed by atoms with Gasteiger partial charge in [-0.05, 0) is 36.4 Å². The molecule has 0 aromatic heterocycles. The second-order valence-electron chi connectivity index (χ2n) is 5.42. The number of phenolic OH excluding ortho intramolecular Hbond substituents is 1. The van der Waals surface area contributed by atoms with Crippen LogP contribution in [0.5, 0.6) is 5.75 Å². The molecule has 3 rings (SSSR count). The molecular weight excluding hydrogens is 299 g/mol. The fourth-order valence-corrected chi connectivity index (χ4v) is 2.58. The van der Waals surface area contributed by atoms with Crippen molar-refractivity contribution in [3.05, 3.63) is 54.3 Å².